The predicted molar refractivity (Wildman–Crippen MR) is 91.2 cm³/mol. The molecule has 1 aliphatic rings. The van der Waals surface area contributed by atoms with Crippen LogP contribution in [0.15, 0.2) is 29.2 Å². The highest BCUT2D eigenvalue weighted by Gasteiger charge is 2.25. The summed E-state index contributed by atoms with van der Waals surface area (Å²) in [5.74, 6) is -0.290. The van der Waals surface area contributed by atoms with Gasteiger partial charge in [-0.3, -0.25) is 4.79 Å². The smallest absolute Gasteiger partial charge is 0.251 e. The highest BCUT2D eigenvalue weighted by atomic mass is 32.2. The van der Waals surface area contributed by atoms with Crippen LogP contribution >= 0.6 is 0 Å². The fraction of sp³-hybridized carbons (Fsp3) is 0.562. The van der Waals surface area contributed by atoms with Crippen LogP contribution in [0.2, 0.25) is 0 Å². The van der Waals surface area contributed by atoms with E-state index in [-0.39, 0.29) is 22.8 Å². The highest BCUT2D eigenvalue weighted by Crippen LogP contribution is 2.12. The first-order valence-electron chi connectivity index (χ1n) is 8.13. The van der Waals surface area contributed by atoms with E-state index in [9.17, 15) is 18.3 Å². The topological polar surface area (TPSA) is 108 Å². The van der Waals surface area contributed by atoms with Crippen LogP contribution in [0, 0.1) is 5.92 Å². The zero-order valence-electron chi connectivity index (χ0n) is 14.0. The van der Waals surface area contributed by atoms with E-state index in [1.807, 2.05) is 6.92 Å². The van der Waals surface area contributed by atoms with E-state index in [1.165, 1.54) is 24.3 Å². The molecular weight excluding hydrogens is 330 g/mol. The average molecular weight is 355 g/mol. The summed E-state index contributed by atoms with van der Waals surface area (Å²) in [7, 11) is -3.57. The minimum absolute atomic E-state index is 0.00617. The van der Waals surface area contributed by atoms with Crippen molar-refractivity contribution < 1.29 is 18.3 Å². The minimum atomic E-state index is -3.57. The summed E-state index contributed by atoms with van der Waals surface area (Å²) >= 11 is 0. The molecule has 0 spiro atoms. The van der Waals surface area contributed by atoms with Crippen molar-refractivity contribution in [2.75, 3.05) is 19.6 Å². The van der Waals surface area contributed by atoms with Crippen LogP contribution in [-0.4, -0.2) is 51.2 Å². The molecule has 8 heteroatoms. The minimum Gasteiger partial charge on any atom is -0.391 e. The molecule has 4 N–H and O–H groups in total. The second kappa shape index (κ2) is 8.06. The van der Waals surface area contributed by atoms with E-state index in [0.717, 1.165) is 0 Å². The van der Waals surface area contributed by atoms with Gasteiger partial charge in [-0.05, 0) is 37.6 Å². The molecule has 7 nitrogen and oxygen atoms in total. The average Bonchev–Trinajstić information content (AvgIpc) is 2.97. The van der Waals surface area contributed by atoms with Crippen LogP contribution in [0.5, 0.6) is 0 Å². The number of carbonyl (C=O) groups is 1. The van der Waals surface area contributed by atoms with Crippen LogP contribution < -0.4 is 15.4 Å². The van der Waals surface area contributed by atoms with Crippen molar-refractivity contribution in [1.29, 1.82) is 0 Å². The Balaban J connectivity index is 1.97. The van der Waals surface area contributed by atoms with E-state index in [2.05, 4.69) is 15.4 Å². The predicted octanol–water partition coefficient (Wildman–Crippen LogP) is 0.0735. The van der Waals surface area contributed by atoms with Gasteiger partial charge in [0.1, 0.15) is 0 Å². The third-order valence-corrected chi connectivity index (χ3v) is 5.83. The van der Waals surface area contributed by atoms with Gasteiger partial charge in [-0.1, -0.05) is 6.92 Å². The van der Waals surface area contributed by atoms with Crippen molar-refractivity contribution in [2.24, 2.45) is 5.92 Å². The first-order valence-corrected chi connectivity index (χ1v) is 9.61. The fourth-order valence-electron chi connectivity index (χ4n) is 2.46. The molecule has 2 rings (SSSR count). The second-order valence-electron chi connectivity index (χ2n) is 6.15. The third-order valence-electron chi connectivity index (χ3n) is 4.22. The molecule has 3 atom stereocenters. The van der Waals surface area contributed by atoms with Crippen molar-refractivity contribution in [3.63, 3.8) is 0 Å². The van der Waals surface area contributed by atoms with Crippen LogP contribution in [0.4, 0.5) is 0 Å². The van der Waals surface area contributed by atoms with Crippen molar-refractivity contribution in [3.05, 3.63) is 29.8 Å². The lowest BCUT2D eigenvalue weighted by atomic mass is 10.1. The van der Waals surface area contributed by atoms with Crippen LogP contribution in [0.3, 0.4) is 0 Å². The number of β-amino-alcohol motifs (C(OH)–C–C–N with tert-alkyl or cyclic N) is 1. The van der Waals surface area contributed by atoms with Gasteiger partial charge in [-0.25, -0.2) is 13.1 Å². The maximum Gasteiger partial charge on any atom is 0.251 e. The number of benzene rings is 1. The van der Waals surface area contributed by atoms with Gasteiger partial charge in [0.15, 0.2) is 0 Å². The van der Waals surface area contributed by atoms with Gasteiger partial charge in [-0.2, -0.15) is 0 Å². The molecule has 1 aromatic rings. The van der Waals surface area contributed by atoms with Gasteiger partial charge < -0.3 is 15.7 Å². The van der Waals surface area contributed by atoms with Gasteiger partial charge in [0, 0.05) is 37.2 Å². The molecule has 1 fully saturated rings. The molecule has 1 saturated heterocycles. The summed E-state index contributed by atoms with van der Waals surface area (Å²) in [5, 5.41) is 15.5. The van der Waals surface area contributed by atoms with Gasteiger partial charge in [0.2, 0.25) is 10.0 Å². The molecule has 0 saturated carbocycles. The van der Waals surface area contributed by atoms with E-state index in [0.29, 0.717) is 31.6 Å². The molecule has 24 heavy (non-hydrogen) atoms. The number of hydrogen-bond donors (Lipinski definition) is 4. The number of hydrogen-bond acceptors (Lipinski definition) is 5. The number of rotatable bonds is 7. The Hall–Kier alpha value is -1.48. The molecule has 0 aliphatic carbocycles. The Morgan fingerprint density at radius 3 is 2.54 bits per heavy atom. The van der Waals surface area contributed by atoms with Crippen molar-refractivity contribution in [2.45, 2.75) is 37.3 Å². The summed E-state index contributed by atoms with van der Waals surface area (Å²) in [6.45, 7) is 5.28. The summed E-state index contributed by atoms with van der Waals surface area (Å²) in [5.41, 5.74) is 0.387. The Labute approximate surface area is 142 Å². The molecule has 0 radical (unpaired) electrons. The first kappa shape index (κ1) is 18.9. The Morgan fingerprint density at radius 1 is 1.33 bits per heavy atom. The normalized spacial score (nSPS) is 22.3. The molecule has 3 unspecified atom stereocenters. The number of carbonyl (C=O) groups excluding carboxylic acids is 1. The zero-order chi connectivity index (χ0) is 17.7. The standard InChI is InChI=1S/C16H25N3O4S/c1-3-11(2)19-24(22,23)14-6-4-12(5-7-14)16(21)18-9-13-8-17-10-15(13)20/h4-7,11,13,15,17,19-20H,3,8-10H2,1-2H3,(H,18,21). The Kier molecular flexibility index (Phi) is 6.34. The van der Waals surface area contributed by atoms with Crippen molar-refractivity contribution in [1.82, 2.24) is 15.4 Å². The zero-order valence-corrected chi connectivity index (χ0v) is 14.8. The lowest BCUT2D eigenvalue weighted by Crippen LogP contribution is -2.34. The quantitative estimate of drug-likeness (QED) is 0.554. The molecule has 1 aliphatic heterocycles. The summed E-state index contributed by atoms with van der Waals surface area (Å²) < 4.78 is 26.9. The molecule has 0 aromatic heterocycles. The number of sulfonamides is 1. The maximum absolute atomic E-state index is 12.2. The van der Waals surface area contributed by atoms with E-state index in [4.69, 9.17) is 0 Å². The number of nitrogens with one attached hydrogen (secondary N) is 3. The van der Waals surface area contributed by atoms with Crippen molar-refractivity contribution in [3.8, 4) is 0 Å². The summed E-state index contributed by atoms with van der Waals surface area (Å²) in [4.78, 5) is 12.2. The van der Waals surface area contributed by atoms with Crippen LogP contribution in [0.1, 0.15) is 30.6 Å². The van der Waals surface area contributed by atoms with Crippen molar-refractivity contribution >= 4 is 15.9 Å². The van der Waals surface area contributed by atoms with E-state index >= 15 is 0 Å². The molecular formula is C16H25N3O4S. The monoisotopic (exact) mass is 355 g/mol. The first-order chi connectivity index (χ1) is 11.3. The fourth-order valence-corrected chi connectivity index (χ4v) is 3.78. The number of amides is 1. The van der Waals surface area contributed by atoms with Gasteiger partial charge >= 0.3 is 0 Å². The Morgan fingerprint density at radius 2 is 2.00 bits per heavy atom. The lowest BCUT2D eigenvalue weighted by molar-refractivity contribution is 0.0927. The summed E-state index contributed by atoms with van der Waals surface area (Å²) in [6, 6.07) is 5.68. The third kappa shape index (κ3) is 4.76. The number of aliphatic hydroxyl groups is 1. The van der Waals surface area contributed by atoms with Gasteiger partial charge in [0.05, 0.1) is 11.0 Å². The summed E-state index contributed by atoms with van der Waals surface area (Å²) in [6.07, 6.45) is 0.242. The van der Waals surface area contributed by atoms with Gasteiger partial charge in [0.25, 0.3) is 5.91 Å². The Bertz CT molecular complexity index is 660. The SMILES string of the molecule is CCC(C)NS(=O)(=O)c1ccc(C(=O)NCC2CNCC2O)cc1. The van der Waals surface area contributed by atoms with E-state index < -0.39 is 16.1 Å². The van der Waals surface area contributed by atoms with Crippen LogP contribution in [-0.2, 0) is 10.0 Å². The largest absolute Gasteiger partial charge is 0.391 e. The molecule has 1 amide bonds. The molecule has 1 aromatic carbocycles. The van der Waals surface area contributed by atoms with Gasteiger partial charge in [-0.15, -0.1) is 0 Å². The highest BCUT2D eigenvalue weighted by molar-refractivity contribution is 7.89. The molecule has 134 valence electrons. The van der Waals surface area contributed by atoms with Crippen LogP contribution in [0.25, 0.3) is 0 Å². The molecule has 0 bridgehead atoms. The maximum atomic E-state index is 12.2. The number of aliphatic hydroxyl groups excluding tert-OH is 1. The second-order valence-corrected chi connectivity index (χ2v) is 7.86. The lowest BCUT2D eigenvalue weighted by Gasteiger charge is -2.14. The van der Waals surface area contributed by atoms with E-state index in [1.54, 1.807) is 6.92 Å². The molecule has 1 heterocycles.